The van der Waals surface area contributed by atoms with Crippen molar-refractivity contribution in [2.75, 3.05) is 6.61 Å². The number of para-hydroxylation sites is 1. The Balaban J connectivity index is 1.82. The van der Waals surface area contributed by atoms with Gasteiger partial charge in [-0.15, -0.1) is 0 Å². The van der Waals surface area contributed by atoms with Crippen LogP contribution < -0.4 is 4.74 Å². The SMILES string of the molecule is O=C(Oc1ccccc1)OC1CCCO1. The lowest BCUT2D eigenvalue weighted by molar-refractivity contribution is -0.0809. The average molecular weight is 208 g/mol. The van der Waals surface area contributed by atoms with E-state index in [-0.39, 0.29) is 0 Å². The number of carbonyl (C=O) groups excluding carboxylic acids is 1. The molecule has 0 aliphatic carbocycles. The maximum Gasteiger partial charge on any atom is 0.516 e. The van der Waals surface area contributed by atoms with Crippen molar-refractivity contribution in [1.29, 1.82) is 0 Å². The van der Waals surface area contributed by atoms with Crippen molar-refractivity contribution >= 4 is 6.16 Å². The minimum atomic E-state index is -0.715. The summed E-state index contributed by atoms with van der Waals surface area (Å²) in [4.78, 5) is 11.2. The first-order valence-electron chi connectivity index (χ1n) is 4.90. The molecule has 2 rings (SSSR count). The lowest BCUT2D eigenvalue weighted by Crippen LogP contribution is -2.19. The molecule has 0 spiro atoms. The molecular formula is C11H12O4. The van der Waals surface area contributed by atoms with E-state index in [1.807, 2.05) is 6.07 Å². The van der Waals surface area contributed by atoms with Gasteiger partial charge in [-0.25, -0.2) is 4.79 Å². The van der Waals surface area contributed by atoms with Crippen LogP contribution in [0.2, 0.25) is 0 Å². The first kappa shape index (κ1) is 9.98. The van der Waals surface area contributed by atoms with Crippen molar-refractivity contribution < 1.29 is 19.0 Å². The number of rotatable bonds is 2. The Bertz CT molecular complexity index is 317. The Morgan fingerprint density at radius 2 is 2.13 bits per heavy atom. The van der Waals surface area contributed by atoms with Crippen molar-refractivity contribution in [3.63, 3.8) is 0 Å². The van der Waals surface area contributed by atoms with Crippen LogP contribution in [0.4, 0.5) is 4.79 Å². The summed E-state index contributed by atoms with van der Waals surface area (Å²) in [5.41, 5.74) is 0. The van der Waals surface area contributed by atoms with Crippen molar-refractivity contribution in [3.05, 3.63) is 30.3 Å². The molecule has 1 aromatic carbocycles. The Labute approximate surface area is 87.8 Å². The average Bonchev–Trinajstić information content (AvgIpc) is 2.71. The molecule has 1 fully saturated rings. The minimum absolute atomic E-state index is 0.443. The summed E-state index contributed by atoms with van der Waals surface area (Å²) in [7, 11) is 0. The molecule has 0 amide bonds. The Morgan fingerprint density at radius 1 is 1.33 bits per heavy atom. The molecule has 0 N–H and O–H groups in total. The van der Waals surface area contributed by atoms with E-state index in [9.17, 15) is 4.79 Å². The summed E-state index contributed by atoms with van der Waals surface area (Å²) in [5, 5.41) is 0. The summed E-state index contributed by atoms with van der Waals surface area (Å²) in [5.74, 6) is 0.473. The van der Waals surface area contributed by atoms with Crippen molar-refractivity contribution in [2.24, 2.45) is 0 Å². The molecule has 0 aromatic heterocycles. The fourth-order valence-electron chi connectivity index (χ4n) is 1.36. The topological polar surface area (TPSA) is 44.8 Å². The minimum Gasteiger partial charge on any atom is -0.404 e. The highest BCUT2D eigenvalue weighted by molar-refractivity contribution is 5.63. The molecule has 0 bridgehead atoms. The van der Waals surface area contributed by atoms with Gasteiger partial charge >= 0.3 is 6.16 Å². The Morgan fingerprint density at radius 3 is 2.80 bits per heavy atom. The predicted octanol–water partition coefficient (Wildman–Crippen LogP) is 2.34. The molecule has 1 aliphatic heterocycles. The third-order valence-electron chi connectivity index (χ3n) is 2.06. The third-order valence-corrected chi connectivity index (χ3v) is 2.06. The Hall–Kier alpha value is -1.55. The second kappa shape index (κ2) is 4.79. The molecule has 4 heteroatoms. The fraction of sp³-hybridized carbons (Fsp3) is 0.364. The molecule has 1 heterocycles. The molecule has 4 nitrogen and oxygen atoms in total. The molecule has 1 aliphatic rings. The fourth-order valence-corrected chi connectivity index (χ4v) is 1.36. The largest absolute Gasteiger partial charge is 0.516 e. The van der Waals surface area contributed by atoms with E-state index in [1.54, 1.807) is 24.3 Å². The van der Waals surface area contributed by atoms with Crippen LogP contribution in [-0.2, 0) is 9.47 Å². The lowest BCUT2D eigenvalue weighted by atomic mass is 10.3. The molecule has 80 valence electrons. The van der Waals surface area contributed by atoms with Gasteiger partial charge in [0.25, 0.3) is 0 Å². The van der Waals surface area contributed by atoms with Crippen molar-refractivity contribution in [1.82, 2.24) is 0 Å². The van der Waals surface area contributed by atoms with E-state index in [4.69, 9.17) is 14.2 Å². The second-order valence-corrected chi connectivity index (χ2v) is 3.23. The number of hydrogen-bond acceptors (Lipinski definition) is 4. The van der Waals surface area contributed by atoms with Gasteiger partial charge in [0.05, 0.1) is 6.61 Å². The summed E-state index contributed by atoms with van der Waals surface area (Å²) >= 11 is 0. The summed E-state index contributed by atoms with van der Waals surface area (Å²) in [6.45, 7) is 0.642. The number of ether oxygens (including phenoxy) is 3. The molecule has 1 unspecified atom stereocenters. The highest BCUT2D eigenvalue weighted by Crippen LogP contribution is 2.15. The predicted molar refractivity (Wildman–Crippen MR) is 52.5 cm³/mol. The number of carbonyl (C=O) groups is 1. The lowest BCUT2D eigenvalue weighted by Gasteiger charge is -2.10. The normalized spacial score (nSPS) is 19.9. The molecule has 1 atom stereocenters. The van der Waals surface area contributed by atoms with Gasteiger partial charge in [-0.05, 0) is 18.6 Å². The first-order chi connectivity index (χ1) is 7.34. The van der Waals surface area contributed by atoms with E-state index < -0.39 is 12.4 Å². The summed E-state index contributed by atoms with van der Waals surface area (Å²) < 4.78 is 15.0. The highest BCUT2D eigenvalue weighted by Gasteiger charge is 2.20. The third kappa shape index (κ3) is 2.95. The van der Waals surface area contributed by atoms with Crippen LogP contribution in [0.1, 0.15) is 12.8 Å². The van der Waals surface area contributed by atoms with Crippen LogP contribution in [0.15, 0.2) is 30.3 Å². The van der Waals surface area contributed by atoms with Crippen LogP contribution in [0.5, 0.6) is 5.75 Å². The van der Waals surface area contributed by atoms with Crippen LogP contribution >= 0.6 is 0 Å². The zero-order chi connectivity index (χ0) is 10.5. The number of hydrogen-bond donors (Lipinski definition) is 0. The van der Waals surface area contributed by atoms with E-state index in [1.165, 1.54) is 0 Å². The summed E-state index contributed by atoms with van der Waals surface area (Å²) in [6, 6.07) is 8.80. The van der Waals surface area contributed by atoms with E-state index in [2.05, 4.69) is 0 Å². The van der Waals surface area contributed by atoms with E-state index >= 15 is 0 Å². The molecule has 0 saturated carbocycles. The van der Waals surface area contributed by atoms with Gasteiger partial charge in [0, 0.05) is 6.42 Å². The van der Waals surface area contributed by atoms with E-state index in [0.717, 1.165) is 12.8 Å². The zero-order valence-corrected chi connectivity index (χ0v) is 8.22. The van der Waals surface area contributed by atoms with Gasteiger partial charge in [0.1, 0.15) is 5.75 Å². The molecule has 1 aromatic rings. The van der Waals surface area contributed by atoms with Crippen molar-refractivity contribution in [2.45, 2.75) is 19.1 Å². The summed E-state index contributed by atoms with van der Waals surface area (Å²) in [6.07, 6.45) is 0.502. The van der Waals surface area contributed by atoms with Gasteiger partial charge < -0.3 is 14.2 Å². The van der Waals surface area contributed by atoms with Crippen LogP contribution in [-0.4, -0.2) is 19.1 Å². The quantitative estimate of drug-likeness (QED) is 0.552. The molecule has 0 radical (unpaired) electrons. The van der Waals surface area contributed by atoms with Gasteiger partial charge in [0.2, 0.25) is 6.29 Å². The zero-order valence-electron chi connectivity index (χ0n) is 8.22. The second-order valence-electron chi connectivity index (χ2n) is 3.23. The van der Waals surface area contributed by atoms with Gasteiger partial charge in [-0.2, -0.15) is 0 Å². The highest BCUT2D eigenvalue weighted by atomic mass is 16.8. The van der Waals surface area contributed by atoms with Gasteiger partial charge in [-0.1, -0.05) is 18.2 Å². The van der Waals surface area contributed by atoms with Crippen LogP contribution in [0, 0.1) is 0 Å². The Kier molecular flexibility index (Phi) is 3.19. The molecule has 1 saturated heterocycles. The van der Waals surface area contributed by atoms with Gasteiger partial charge in [0.15, 0.2) is 0 Å². The maximum absolute atomic E-state index is 11.2. The van der Waals surface area contributed by atoms with E-state index in [0.29, 0.717) is 12.4 Å². The standard InChI is InChI=1S/C11H12O4/c12-11(15-10-7-4-8-13-10)14-9-5-2-1-3-6-9/h1-3,5-6,10H,4,7-8H2. The molecule has 15 heavy (non-hydrogen) atoms. The monoisotopic (exact) mass is 208 g/mol. The molecular weight excluding hydrogens is 196 g/mol. The number of benzene rings is 1. The van der Waals surface area contributed by atoms with Crippen LogP contribution in [0.3, 0.4) is 0 Å². The maximum atomic E-state index is 11.2. The van der Waals surface area contributed by atoms with Crippen molar-refractivity contribution in [3.8, 4) is 5.75 Å². The first-order valence-corrected chi connectivity index (χ1v) is 4.90. The van der Waals surface area contributed by atoms with Crippen LogP contribution in [0.25, 0.3) is 0 Å². The smallest absolute Gasteiger partial charge is 0.404 e. The van der Waals surface area contributed by atoms with Gasteiger partial charge in [-0.3, -0.25) is 0 Å².